The van der Waals surface area contributed by atoms with Crippen LogP contribution >= 0.6 is 0 Å². The summed E-state index contributed by atoms with van der Waals surface area (Å²) in [6.45, 7) is -0.256. The zero-order valence-electron chi connectivity index (χ0n) is 8.92. The van der Waals surface area contributed by atoms with Gasteiger partial charge in [0.05, 0.1) is 20.3 Å². The number of aliphatic hydroxyl groups is 1. The van der Waals surface area contributed by atoms with Gasteiger partial charge in [0.1, 0.15) is 5.75 Å². The van der Waals surface area contributed by atoms with Gasteiger partial charge >= 0.3 is 5.97 Å². The molecule has 0 aliphatic carbocycles. The first-order valence-corrected chi connectivity index (χ1v) is 4.79. The lowest BCUT2D eigenvalue weighted by atomic mass is 10.1. The molecule has 0 aliphatic heterocycles. The molecule has 0 spiro atoms. The molecule has 5 heteroatoms. The van der Waals surface area contributed by atoms with Gasteiger partial charge in [-0.3, -0.25) is 0 Å². The van der Waals surface area contributed by atoms with Crippen LogP contribution in [0.3, 0.4) is 0 Å². The van der Waals surface area contributed by atoms with Crippen molar-refractivity contribution in [2.75, 3.05) is 20.3 Å². The number of carboxylic acid groups (broad SMARTS) is 1. The van der Waals surface area contributed by atoms with E-state index >= 15 is 0 Å². The summed E-state index contributed by atoms with van der Waals surface area (Å²) >= 11 is 0. The SMILES string of the molecule is COc1ccccc1C(OCCO)C(=O)O. The van der Waals surface area contributed by atoms with E-state index < -0.39 is 12.1 Å². The maximum absolute atomic E-state index is 11.0. The van der Waals surface area contributed by atoms with E-state index in [9.17, 15) is 4.79 Å². The zero-order chi connectivity index (χ0) is 12.0. The molecule has 1 rings (SSSR count). The quantitative estimate of drug-likeness (QED) is 0.751. The van der Waals surface area contributed by atoms with Crippen molar-refractivity contribution < 1.29 is 24.5 Å². The first-order valence-electron chi connectivity index (χ1n) is 4.79. The number of rotatable bonds is 6. The predicted octanol–water partition coefficient (Wildman–Crippen LogP) is 0.830. The van der Waals surface area contributed by atoms with Crippen LogP contribution in [0.5, 0.6) is 5.75 Å². The van der Waals surface area contributed by atoms with Gasteiger partial charge in [0.15, 0.2) is 6.10 Å². The number of hydrogen-bond acceptors (Lipinski definition) is 4. The molecule has 0 fully saturated rings. The molecular weight excluding hydrogens is 212 g/mol. The van der Waals surface area contributed by atoms with E-state index in [0.29, 0.717) is 11.3 Å². The second kappa shape index (κ2) is 6.09. The lowest BCUT2D eigenvalue weighted by molar-refractivity contribution is -0.151. The minimum atomic E-state index is -1.12. The second-order valence-electron chi connectivity index (χ2n) is 3.05. The van der Waals surface area contributed by atoms with E-state index in [1.807, 2.05) is 0 Å². The fraction of sp³-hybridized carbons (Fsp3) is 0.364. The van der Waals surface area contributed by atoms with Gasteiger partial charge in [-0.25, -0.2) is 4.79 Å². The fourth-order valence-corrected chi connectivity index (χ4v) is 1.35. The van der Waals surface area contributed by atoms with Crippen LogP contribution in [-0.4, -0.2) is 36.5 Å². The summed E-state index contributed by atoms with van der Waals surface area (Å²) < 4.78 is 10.1. The Morgan fingerprint density at radius 2 is 2.12 bits per heavy atom. The highest BCUT2D eigenvalue weighted by Crippen LogP contribution is 2.27. The molecule has 0 amide bonds. The molecule has 0 aliphatic rings. The number of hydrogen-bond donors (Lipinski definition) is 2. The van der Waals surface area contributed by atoms with Gasteiger partial charge in [0.25, 0.3) is 0 Å². The Hall–Kier alpha value is -1.59. The van der Waals surface area contributed by atoms with Crippen molar-refractivity contribution in [3.63, 3.8) is 0 Å². The molecule has 0 bridgehead atoms. The molecule has 0 heterocycles. The number of carboxylic acids is 1. The lowest BCUT2D eigenvalue weighted by Gasteiger charge is -2.16. The smallest absolute Gasteiger partial charge is 0.337 e. The number of methoxy groups -OCH3 is 1. The minimum absolute atomic E-state index is 0.0327. The van der Waals surface area contributed by atoms with E-state index in [4.69, 9.17) is 19.7 Å². The molecule has 16 heavy (non-hydrogen) atoms. The molecule has 0 aromatic heterocycles. The van der Waals surface area contributed by atoms with E-state index in [0.717, 1.165) is 0 Å². The van der Waals surface area contributed by atoms with Crippen molar-refractivity contribution in [1.82, 2.24) is 0 Å². The number of para-hydroxylation sites is 1. The van der Waals surface area contributed by atoms with Gasteiger partial charge in [-0.05, 0) is 6.07 Å². The lowest BCUT2D eigenvalue weighted by Crippen LogP contribution is -2.18. The summed E-state index contributed by atoms with van der Waals surface area (Å²) in [5.74, 6) is -0.661. The molecule has 0 saturated heterocycles. The maximum Gasteiger partial charge on any atom is 0.337 e. The molecule has 0 radical (unpaired) electrons. The van der Waals surface area contributed by atoms with Crippen LogP contribution in [0, 0.1) is 0 Å². The summed E-state index contributed by atoms with van der Waals surface area (Å²) in [6.07, 6.45) is -1.12. The highest BCUT2D eigenvalue weighted by Gasteiger charge is 2.23. The standard InChI is InChI=1S/C11H14O5/c1-15-9-5-3-2-4-8(9)10(11(13)14)16-7-6-12/h2-5,10,12H,6-7H2,1H3,(H,13,14). The van der Waals surface area contributed by atoms with Crippen molar-refractivity contribution in [1.29, 1.82) is 0 Å². The summed E-state index contributed by atoms with van der Waals surface area (Å²) in [6, 6.07) is 6.73. The normalized spacial score (nSPS) is 12.1. The summed E-state index contributed by atoms with van der Waals surface area (Å²) in [5.41, 5.74) is 0.436. The van der Waals surface area contributed by atoms with E-state index in [1.165, 1.54) is 7.11 Å². The molecule has 5 nitrogen and oxygen atoms in total. The van der Waals surface area contributed by atoms with Crippen LogP contribution in [0.15, 0.2) is 24.3 Å². The van der Waals surface area contributed by atoms with E-state index in [1.54, 1.807) is 24.3 Å². The highest BCUT2D eigenvalue weighted by molar-refractivity contribution is 5.75. The van der Waals surface area contributed by atoms with Gasteiger partial charge < -0.3 is 19.7 Å². The number of carbonyl (C=O) groups is 1. The molecular formula is C11H14O5. The largest absolute Gasteiger partial charge is 0.496 e. The fourth-order valence-electron chi connectivity index (χ4n) is 1.35. The number of aliphatic hydroxyl groups excluding tert-OH is 1. The van der Waals surface area contributed by atoms with E-state index in [2.05, 4.69) is 0 Å². The Morgan fingerprint density at radius 3 is 2.69 bits per heavy atom. The molecule has 2 N–H and O–H groups in total. The van der Waals surface area contributed by atoms with E-state index in [-0.39, 0.29) is 13.2 Å². The number of aliphatic carboxylic acids is 1. The van der Waals surface area contributed by atoms with Crippen molar-refractivity contribution in [3.8, 4) is 5.75 Å². The highest BCUT2D eigenvalue weighted by atomic mass is 16.5. The Morgan fingerprint density at radius 1 is 1.44 bits per heavy atom. The van der Waals surface area contributed by atoms with Crippen LogP contribution < -0.4 is 4.74 Å². The summed E-state index contributed by atoms with van der Waals surface area (Å²) in [4.78, 5) is 11.0. The van der Waals surface area contributed by atoms with Gasteiger partial charge in [-0.15, -0.1) is 0 Å². The Kier molecular flexibility index (Phi) is 4.75. The Bertz CT molecular complexity index is 350. The third-order valence-corrected chi connectivity index (χ3v) is 2.02. The van der Waals surface area contributed by atoms with Crippen molar-refractivity contribution in [2.45, 2.75) is 6.10 Å². The molecule has 1 aromatic rings. The van der Waals surface area contributed by atoms with Gasteiger partial charge in [-0.2, -0.15) is 0 Å². The third-order valence-electron chi connectivity index (χ3n) is 2.02. The maximum atomic E-state index is 11.0. The zero-order valence-corrected chi connectivity index (χ0v) is 8.92. The second-order valence-corrected chi connectivity index (χ2v) is 3.05. The Labute approximate surface area is 93.2 Å². The topological polar surface area (TPSA) is 76.0 Å². The van der Waals surface area contributed by atoms with Gasteiger partial charge in [0, 0.05) is 5.56 Å². The number of ether oxygens (including phenoxy) is 2. The first-order chi connectivity index (χ1) is 7.70. The van der Waals surface area contributed by atoms with Crippen LogP contribution in [0.4, 0.5) is 0 Å². The average molecular weight is 226 g/mol. The Balaban J connectivity index is 2.95. The van der Waals surface area contributed by atoms with Crippen LogP contribution in [0.25, 0.3) is 0 Å². The number of benzene rings is 1. The van der Waals surface area contributed by atoms with Crippen LogP contribution in [0.1, 0.15) is 11.7 Å². The van der Waals surface area contributed by atoms with Crippen LogP contribution in [-0.2, 0) is 9.53 Å². The van der Waals surface area contributed by atoms with Crippen LogP contribution in [0.2, 0.25) is 0 Å². The monoisotopic (exact) mass is 226 g/mol. The first kappa shape index (κ1) is 12.5. The molecule has 1 aromatic carbocycles. The molecule has 0 saturated carbocycles. The van der Waals surface area contributed by atoms with Gasteiger partial charge in [-0.1, -0.05) is 18.2 Å². The molecule has 1 atom stereocenters. The average Bonchev–Trinajstić information content (AvgIpc) is 2.29. The molecule has 1 unspecified atom stereocenters. The summed E-state index contributed by atoms with van der Waals surface area (Å²) in [5, 5.41) is 17.6. The van der Waals surface area contributed by atoms with Crippen molar-refractivity contribution in [3.05, 3.63) is 29.8 Å². The molecule has 88 valence electrons. The summed E-state index contributed by atoms with van der Waals surface area (Å²) in [7, 11) is 1.46. The van der Waals surface area contributed by atoms with Gasteiger partial charge in [0.2, 0.25) is 0 Å². The van der Waals surface area contributed by atoms with Crippen molar-refractivity contribution >= 4 is 5.97 Å². The minimum Gasteiger partial charge on any atom is -0.496 e. The van der Waals surface area contributed by atoms with Crippen molar-refractivity contribution in [2.24, 2.45) is 0 Å². The third kappa shape index (κ3) is 2.95. The predicted molar refractivity (Wildman–Crippen MR) is 56.4 cm³/mol.